The van der Waals surface area contributed by atoms with Crippen molar-refractivity contribution in [2.75, 3.05) is 11.3 Å². The van der Waals surface area contributed by atoms with Gasteiger partial charge in [0.05, 0.1) is 33.0 Å². The molecule has 1 atom stereocenters. The van der Waals surface area contributed by atoms with Crippen molar-refractivity contribution < 1.29 is 22.7 Å². The van der Waals surface area contributed by atoms with Crippen LogP contribution in [-0.4, -0.2) is 36.3 Å². The number of esters is 1. The lowest BCUT2D eigenvalue weighted by Gasteiger charge is -2.26. The van der Waals surface area contributed by atoms with Crippen molar-refractivity contribution in [2.24, 2.45) is 7.05 Å². The fraction of sp³-hybridized carbons (Fsp3) is 0.233. The van der Waals surface area contributed by atoms with E-state index in [-0.39, 0.29) is 27.3 Å². The number of amides is 1. The number of carbonyl (C=O) groups is 2. The van der Waals surface area contributed by atoms with E-state index >= 15 is 0 Å². The minimum Gasteiger partial charge on any atom is -0.452 e. The highest BCUT2D eigenvalue weighted by Gasteiger charge is 2.28. The molecule has 4 aromatic rings. The second-order valence-electron chi connectivity index (χ2n) is 10.1. The largest absolute Gasteiger partial charge is 0.452 e. The molecule has 13 heteroatoms. The Morgan fingerprint density at radius 1 is 1.02 bits per heavy atom. The summed E-state index contributed by atoms with van der Waals surface area (Å²) in [5, 5.41) is 2.44. The number of fused-ring (bicyclic) bond motifs is 1. The third-order valence-electron chi connectivity index (χ3n) is 7.36. The van der Waals surface area contributed by atoms with Crippen molar-refractivity contribution in [1.82, 2.24) is 14.7 Å². The van der Waals surface area contributed by atoms with E-state index in [4.69, 9.17) is 27.9 Å². The van der Waals surface area contributed by atoms with Crippen molar-refractivity contribution >= 4 is 50.8 Å². The van der Waals surface area contributed by atoms with E-state index in [9.17, 15) is 22.8 Å². The molecular weight excluding hydrogens is 615 g/mol. The summed E-state index contributed by atoms with van der Waals surface area (Å²) in [7, 11) is -2.86. The molecule has 0 spiro atoms. The molecule has 0 saturated carbocycles. The van der Waals surface area contributed by atoms with E-state index in [1.54, 1.807) is 44.3 Å². The molecule has 43 heavy (non-hydrogen) atoms. The van der Waals surface area contributed by atoms with E-state index in [0.717, 1.165) is 42.5 Å². The molecule has 0 radical (unpaired) electrons. The number of rotatable bonds is 8. The number of nitrogens with one attached hydrogen (secondary N) is 2. The number of hydrogen-bond donors (Lipinski definition) is 2. The Bertz CT molecular complexity index is 1890. The minimum absolute atomic E-state index is 0.169. The number of aromatic nitrogens is 2. The molecule has 2 N–H and O–H groups in total. The van der Waals surface area contributed by atoms with Gasteiger partial charge < -0.3 is 10.1 Å². The maximum absolute atomic E-state index is 13.4. The first-order chi connectivity index (χ1) is 20.5. The summed E-state index contributed by atoms with van der Waals surface area (Å²) in [5.74, 6) is -1.52. The smallest absolute Gasteiger partial charge is 0.340 e. The number of benzene rings is 3. The highest BCUT2D eigenvalue weighted by molar-refractivity contribution is 7.92. The fourth-order valence-corrected chi connectivity index (χ4v) is 7.08. The van der Waals surface area contributed by atoms with Gasteiger partial charge in [-0.05, 0) is 61.6 Å². The molecule has 1 amide bonds. The number of hydrogen-bond acceptors (Lipinski definition) is 6. The van der Waals surface area contributed by atoms with Gasteiger partial charge in [-0.3, -0.25) is 19.0 Å². The second-order valence-corrected chi connectivity index (χ2v) is 12.6. The number of aryl methyl sites for hydroxylation is 1. The summed E-state index contributed by atoms with van der Waals surface area (Å²) < 4.78 is 37.2. The molecule has 10 nitrogen and oxygen atoms in total. The molecule has 0 bridgehead atoms. The summed E-state index contributed by atoms with van der Waals surface area (Å²) >= 11 is 12.5. The first-order valence-corrected chi connectivity index (χ1v) is 15.6. The van der Waals surface area contributed by atoms with Crippen LogP contribution < -0.4 is 15.6 Å². The lowest BCUT2D eigenvalue weighted by molar-refractivity contribution is -0.125. The molecule has 224 valence electrons. The summed E-state index contributed by atoms with van der Waals surface area (Å²) in [6.45, 7) is 0.987. The summed E-state index contributed by atoms with van der Waals surface area (Å²) in [4.78, 5) is 38.3. The number of carbonyl (C=O) groups excluding carboxylic acids is 2. The molecule has 3 aromatic carbocycles. The molecule has 1 heterocycles. The van der Waals surface area contributed by atoms with Gasteiger partial charge in [-0.1, -0.05) is 65.7 Å². The van der Waals surface area contributed by atoms with Gasteiger partial charge in [-0.15, -0.1) is 0 Å². The Balaban J connectivity index is 1.34. The molecule has 0 fully saturated rings. The van der Waals surface area contributed by atoms with Gasteiger partial charge in [0.15, 0.2) is 6.61 Å². The van der Waals surface area contributed by atoms with Gasteiger partial charge in [0.1, 0.15) is 10.6 Å². The zero-order valence-electron chi connectivity index (χ0n) is 23.3. The van der Waals surface area contributed by atoms with Gasteiger partial charge in [0.25, 0.3) is 21.5 Å². The second kappa shape index (κ2) is 12.3. The standard InChI is InChI=1S/C30H28Cl2N4O6S/c1-18-28(29(38)36(35(18)2)20-11-4-3-5-12-20)34-43(40,41)26-15-22(23(31)16-24(26)32)30(39)42-17-27(37)33-25-14-8-10-19-9-6-7-13-21(19)25/h3-7,9,11-13,15-16,25,34H,8,10,14,17H2,1-2H3,(H,33,37). The van der Waals surface area contributed by atoms with Crippen LogP contribution in [0.1, 0.15) is 46.1 Å². The van der Waals surface area contributed by atoms with Crippen LogP contribution in [-0.2, 0) is 33.0 Å². The maximum atomic E-state index is 13.4. The molecule has 1 aromatic heterocycles. The van der Waals surface area contributed by atoms with E-state index in [2.05, 4.69) is 10.0 Å². The van der Waals surface area contributed by atoms with Gasteiger partial charge in [-0.2, -0.15) is 0 Å². The zero-order valence-corrected chi connectivity index (χ0v) is 25.6. The molecule has 5 rings (SSSR count). The van der Waals surface area contributed by atoms with E-state index in [1.165, 1.54) is 9.36 Å². The van der Waals surface area contributed by atoms with Crippen LogP contribution >= 0.6 is 23.2 Å². The van der Waals surface area contributed by atoms with Crippen LogP contribution in [0.4, 0.5) is 5.69 Å². The Morgan fingerprint density at radius 3 is 2.47 bits per heavy atom. The first-order valence-electron chi connectivity index (χ1n) is 13.4. The van der Waals surface area contributed by atoms with Crippen molar-refractivity contribution in [2.45, 2.75) is 37.1 Å². The average Bonchev–Trinajstić information content (AvgIpc) is 3.19. The first kappa shape index (κ1) is 30.4. The Hall–Kier alpha value is -4.06. The van der Waals surface area contributed by atoms with Crippen molar-refractivity contribution in [1.29, 1.82) is 0 Å². The predicted octanol–water partition coefficient (Wildman–Crippen LogP) is 4.94. The average molecular weight is 644 g/mol. The number of halogens is 2. The number of anilines is 1. The van der Waals surface area contributed by atoms with Crippen molar-refractivity contribution in [3.8, 4) is 5.69 Å². The third-order valence-corrected chi connectivity index (χ3v) is 9.49. The zero-order chi connectivity index (χ0) is 30.9. The minimum atomic E-state index is -4.48. The molecular formula is C30H28Cl2N4O6S. The van der Waals surface area contributed by atoms with Crippen molar-refractivity contribution in [3.05, 3.63) is 110 Å². The summed E-state index contributed by atoms with van der Waals surface area (Å²) in [6, 6.07) is 18.4. The fourth-order valence-electron chi connectivity index (χ4n) is 5.12. The lowest BCUT2D eigenvalue weighted by atomic mass is 9.88. The van der Waals surface area contributed by atoms with Gasteiger partial charge >= 0.3 is 5.97 Å². The highest BCUT2D eigenvalue weighted by atomic mass is 35.5. The monoisotopic (exact) mass is 642 g/mol. The SMILES string of the molecule is Cc1c(NS(=O)(=O)c2cc(C(=O)OCC(=O)NC3CCCc4ccccc43)c(Cl)cc2Cl)c(=O)n(-c2ccccc2)n1C. The van der Waals surface area contributed by atoms with Gasteiger partial charge in [-0.25, -0.2) is 17.9 Å². The number of para-hydroxylation sites is 1. The van der Waals surface area contributed by atoms with Crippen LogP contribution in [0.3, 0.4) is 0 Å². The van der Waals surface area contributed by atoms with Crippen molar-refractivity contribution in [3.63, 3.8) is 0 Å². The van der Waals surface area contributed by atoms with Crippen LogP contribution in [0.2, 0.25) is 10.0 Å². The molecule has 1 aliphatic carbocycles. The predicted molar refractivity (Wildman–Crippen MR) is 164 cm³/mol. The Morgan fingerprint density at radius 2 is 1.72 bits per heavy atom. The normalized spacial score (nSPS) is 14.6. The Labute approximate surface area is 258 Å². The van der Waals surface area contributed by atoms with E-state index in [0.29, 0.717) is 11.4 Å². The number of ether oxygens (including phenoxy) is 1. The van der Waals surface area contributed by atoms with Crippen LogP contribution in [0.25, 0.3) is 5.69 Å². The Kier molecular flexibility index (Phi) is 8.68. The van der Waals surface area contributed by atoms with Crippen LogP contribution in [0.5, 0.6) is 0 Å². The van der Waals surface area contributed by atoms with Gasteiger partial charge in [0, 0.05) is 7.05 Å². The quantitative estimate of drug-likeness (QED) is 0.262. The number of sulfonamides is 1. The third kappa shape index (κ3) is 6.20. The van der Waals surface area contributed by atoms with E-state index < -0.39 is 39.0 Å². The molecule has 0 aliphatic heterocycles. The lowest BCUT2D eigenvalue weighted by Crippen LogP contribution is -2.34. The van der Waals surface area contributed by atoms with Crippen LogP contribution in [0, 0.1) is 6.92 Å². The molecule has 1 aliphatic rings. The summed E-state index contributed by atoms with van der Waals surface area (Å²) in [6.07, 6.45) is 2.60. The van der Waals surface area contributed by atoms with Crippen LogP contribution in [0.15, 0.2) is 76.4 Å². The topological polar surface area (TPSA) is 128 Å². The molecule has 1 unspecified atom stereocenters. The van der Waals surface area contributed by atoms with E-state index in [1.807, 2.05) is 24.3 Å². The number of nitrogens with zero attached hydrogens (tertiary/aromatic N) is 2. The summed E-state index contributed by atoms with van der Waals surface area (Å²) in [5.41, 5.74) is 1.96. The van der Waals surface area contributed by atoms with Gasteiger partial charge in [0.2, 0.25) is 0 Å². The maximum Gasteiger partial charge on any atom is 0.340 e. The molecule has 0 saturated heterocycles. The highest BCUT2D eigenvalue weighted by Crippen LogP contribution is 2.31.